The highest BCUT2D eigenvalue weighted by Crippen LogP contribution is 2.58. The van der Waals surface area contributed by atoms with E-state index in [1.807, 2.05) is 49.4 Å². The molecule has 3 fully saturated rings. The number of hydrogen-bond acceptors (Lipinski definition) is 6. The van der Waals surface area contributed by atoms with Crippen LogP contribution in [0, 0.1) is 29.5 Å². The lowest BCUT2D eigenvalue weighted by Gasteiger charge is -2.43. The number of fused-ring (bicyclic) bond motifs is 3. The average molecular weight is 503 g/mol. The highest BCUT2D eigenvalue weighted by atomic mass is 19.1. The van der Waals surface area contributed by atoms with E-state index in [2.05, 4.69) is 5.32 Å². The standard InChI is InChI=1S/C29H27FN2O5/c1-16-13-21-26(22-15-25(37-29(16,22)36)17-7-12-24(33)23(30)14-17)28(35)32(27(21)34)20-10-8-19(9-11-20)31-18-5-3-2-4-6-18/h2-12,14,16,21-22,25-26,31,33,36H,13,15H2,1H3/t16-,21-,22-,25-,26-,29+/m0/s1. The molecule has 6 atom stereocenters. The van der Waals surface area contributed by atoms with E-state index < -0.39 is 47.1 Å². The molecule has 0 aromatic heterocycles. The molecular formula is C29H27FN2O5. The lowest BCUT2D eigenvalue weighted by atomic mass is 9.65. The van der Waals surface area contributed by atoms with Crippen LogP contribution in [0.2, 0.25) is 0 Å². The van der Waals surface area contributed by atoms with Crippen LogP contribution in [0.15, 0.2) is 72.8 Å². The Kier molecular flexibility index (Phi) is 5.54. The Hall–Kier alpha value is -3.75. The number of carbonyl (C=O) groups excluding carboxylic acids is 2. The van der Waals surface area contributed by atoms with E-state index >= 15 is 0 Å². The number of amides is 2. The topological polar surface area (TPSA) is 99.1 Å². The predicted molar refractivity (Wildman–Crippen MR) is 134 cm³/mol. The van der Waals surface area contributed by atoms with Gasteiger partial charge in [0.05, 0.1) is 23.6 Å². The number of aliphatic hydroxyl groups is 1. The van der Waals surface area contributed by atoms with Gasteiger partial charge in [0.2, 0.25) is 11.8 Å². The number of phenolic OH excluding ortho intramolecular Hbond substituents is 1. The number of hydrogen-bond donors (Lipinski definition) is 3. The Labute approximate surface area is 213 Å². The van der Waals surface area contributed by atoms with Gasteiger partial charge < -0.3 is 20.3 Å². The van der Waals surface area contributed by atoms with Crippen molar-refractivity contribution in [2.24, 2.45) is 23.7 Å². The van der Waals surface area contributed by atoms with E-state index in [1.165, 1.54) is 17.0 Å². The fourth-order valence-corrected chi connectivity index (χ4v) is 6.21. The first-order valence-corrected chi connectivity index (χ1v) is 12.4. The monoisotopic (exact) mass is 502 g/mol. The lowest BCUT2D eigenvalue weighted by Crippen LogP contribution is -2.52. The number of carbonyl (C=O) groups is 2. The number of benzene rings is 3. The summed E-state index contributed by atoms with van der Waals surface area (Å²) in [6.07, 6.45) is -0.0891. The van der Waals surface area contributed by atoms with Crippen molar-refractivity contribution in [2.45, 2.75) is 31.7 Å². The number of rotatable bonds is 4. The molecule has 37 heavy (non-hydrogen) atoms. The Morgan fingerprint density at radius 2 is 1.68 bits per heavy atom. The van der Waals surface area contributed by atoms with E-state index in [1.54, 1.807) is 18.2 Å². The molecular weight excluding hydrogens is 475 g/mol. The molecule has 3 N–H and O–H groups in total. The number of anilines is 3. The molecule has 190 valence electrons. The summed E-state index contributed by atoms with van der Waals surface area (Å²) in [7, 11) is 0. The third-order valence-electron chi connectivity index (χ3n) is 8.09. The zero-order chi connectivity index (χ0) is 25.9. The highest BCUT2D eigenvalue weighted by Gasteiger charge is 2.66. The summed E-state index contributed by atoms with van der Waals surface area (Å²) >= 11 is 0. The number of nitrogens with zero attached hydrogens (tertiary/aromatic N) is 1. The van der Waals surface area contributed by atoms with Gasteiger partial charge in [-0.25, -0.2) is 4.39 Å². The fourth-order valence-electron chi connectivity index (χ4n) is 6.21. The Bertz CT molecular complexity index is 1360. The van der Waals surface area contributed by atoms with E-state index in [0.29, 0.717) is 17.7 Å². The first kappa shape index (κ1) is 23.6. The highest BCUT2D eigenvalue weighted by molar-refractivity contribution is 6.22. The second kappa shape index (κ2) is 8.68. The van der Waals surface area contributed by atoms with Gasteiger partial charge in [0.25, 0.3) is 0 Å². The Morgan fingerprint density at radius 3 is 2.38 bits per heavy atom. The van der Waals surface area contributed by atoms with Crippen LogP contribution >= 0.6 is 0 Å². The summed E-state index contributed by atoms with van der Waals surface area (Å²) in [6, 6.07) is 20.8. The van der Waals surface area contributed by atoms with Gasteiger partial charge >= 0.3 is 0 Å². The van der Waals surface area contributed by atoms with E-state index in [4.69, 9.17) is 4.74 Å². The summed E-state index contributed by atoms with van der Waals surface area (Å²) in [5, 5.41) is 24.4. The molecule has 1 aliphatic carbocycles. The number of ether oxygens (including phenoxy) is 1. The molecule has 2 amide bonds. The second-order valence-electron chi connectivity index (χ2n) is 10.2. The van der Waals surface area contributed by atoms with Crippen LogP contribution in [0.1, 0.15) is 31.4 Å². The quantitative estimate of drug-likeness (QED) is 0.440. The van der Waals surface area contributed by atoms with Crippen molar-refractivity contribution in [3.8, 4) is 5.75 Å². The maximum absolute atomic E-state index is 14.0. The third-order valence-corrected chi connectivity index (χ3v) is 8.09. The molecule has 7 nitrogen and oxygen atoms in total. The van der Waals surface area contributed by atoms with E-state index in [0.717, 1.165) is 11.4 Å². The minimum Gasteiger partial charge on any atom is -0.505 e. The minimum absolute atomic E-state index is 0.263. The van der Waals surface area contributed by atoms with Gasteiger partial charge in [0, 0.05) is 23.2 Å². The fraction of sp³-hybridized carbons (Fsp3) is 0.310. The van der Waals surface area contributed by atoms with E-state index in [-0.39, 0.29) is 18.2 Å². The van der Waals surface area contributed by atoms with Crippen LogP contribution in [-0.4, -0.2) is 27.8 Å². The van der Waals surface area contributed by atoms with Gasteiger partial charge in [-0.3, -0.25) is 14.5 Å². The summed E-state index contributed by atoms with van der Waals surface area (Å²) in [5.74, 6) is -5.81. The van der Waals surface area contributed by atoms with Crippen molar-refractivity contribution in [3.05, 3.63) is 84.2 Å². The van der Waals surface area contributed by atoms with E-state index in [9.17, 15) is 24.2 Å². The summed E-state index contributed by atoms with van der Waals surface area (Å²) in [5.41, 5.74) is 2.70. The second-order valence-corrected chi connectivity index (χ2v) is 10.2. The first-order chi connectivity index (χ1) is 17.8. The van der Waals surface area contributed by atoms with Crippen molar-refractivity contribution < 1.29 is 28.9 Å². The molecule has 3 aliphatic rings. The molecule has 0 spiro atoms. The number of aromatic hydroxyl groups is 1. The molecule has 0 unspecified atom stereocenters. The van der Waals surface area contributed by atoms with Crippen LogP contribution in [-0.2, 0) is 14.3 Å². The van der Waals surface area contributed by atoms with Gasteiger partial charge in [0.1, 0.15) is 0 Å². The molecule has 2 aliphatic heterocycles. The van der Waals surface area contributed by atoms with Crippen LogP contribution in [0.4, 0.5) is 21.5 Å². The number of phenols is 1. The molecule has 8 heteroatoms. The molecule has 2 saturated heterocycles. The number of halogens is 1. The van der Waals surface area contributed by atoms with Crippen LogP contribution < -0.4 is 10.2 Å². The van der Waals surface area contributed by atoms with Crippen molar-refractivity contribution >= 4 is 28.9 Å². The largest absolute Gasteiger partial charge is 0.505 e. The van der Waals surface area contributed by atoms with Crippen LogP contribution in [0.25, 0.3) is 0 Å². The van der Waals surface area contributed by atoms with Gasteiger partial charge in [0.15, 0.2) is 17.4 Å². The summed E-state index contributed by atoms with van der Waals surface area (Å²) in [6.45, 7) is 1.81. The maximum atomic E-state index is 14.0. The van der Waals surface area contributed by atoms with Crippen molar-refractivity contribution in [1.29, 1.82) is 0 Å². The lowest BCUT2D eigenvalue weighted by molar-refractivity contribution is -0.265. The zero-order valence-electron chi connectivity index (χ0n) is 20.2. The van der Waals surface area contributed by atoms with Gasteiger partial charge in [-0.1, -0.05) is 31.2 Å². The average Bonchev–Trinajstić information content (AvgIpc) is 3.37. The van der Waals surface area contributed by atoms with Gasteiger partial charge in [-0.15, -0.1) is 0 Å². The van der Waals surface area contributed by atoms with Crippen LogP contribution in [0.3, 0.4) is 0 Å². The Morgan fingerprint density at radius 1 is 0.973 bits per heavy atom. The van der Waals surface area contributed by atoms with Crippen molar-refractivity contribution in [2.75, 3.05) is 10.2 Å². The van der Waals surface area contributed by atoms with Crippen molar-refractivity contribution in [1.82, 2.24) is 0 Å². The molecule has 2 heterocycles. The maximum Gasteiger partial charge on any atom is 0.238 e. The van der Waals surface area contributed by atoms with Gasteiger partial charge in [-0.05, 0) is 66.9 Å². The number of nitrogens with one attached hydrogen (secondary N) is 1. The Balaban J connectivity index is 1.27. The molecule has 0 bridgehead atoms. The third kappa shape index (κ3) is 3.79. The van der Waals surface area contributed by atoms with Crippen molar-refractivity contribution in [3.63, 3.8) is 0 Å². The SMILES string of the molecule is C[C@H]1C[C@@H]2C(=O)N(c3ccc(Nc4ccccc4)cc3)C(=O)[C@@H]2[C@@H]2C[C@@H](c3ccc(O)c(F)c3)O[C@]12O. The first-order valence-electron chi connectivity index (χ1n) is 12.4. The summed E-state index contributed by atoms with van der Waals surface area (Å²) in [4.78, 5) is 28.4. The minimum atomic E-state index is -1.62. The molecule has 3 aromatic rings. The molecule has 1 saturated carbocycles. The molecule has 0 radical (unpaired) electrons. The number of para-hydroxylation sites is 1. The molecule has 3 aromatic carbocycles. The van der Waals surface area contributed by atoms with Crippen LogP contribution in [0.5, 0.6) is 5.75 Å². The number of imide groups is 1. The predicted octanol–water partition coefficient (Wildman–Crippen LogP) is 4.89. The smallest absolute Gasteiger partial charge is 0.238 e. The summed E-state index contributed by atoms with van der Waals surface area (Å²) < 4.78 is 20.1. The molecule has 6 rings (SSSR count). The zero-order valence-corrected chi connectivity index (χ0v) is 20.2. The normalized spacial score (nSPS) is 30.8. The van der Waals surface area contributed by atoms with Gasteiger partial charge in [-0.2, -0.15) is 0 Å².